The first-order valence-corrected chi connectivity index (χ1v) is 7.50. The van der Waals surface area contributed by atoms with Gasteiger partial charge >= 0.3 is 0 Å². The van der Waals surface area contributed by atoms with Crippen molar-refractivity contribution < 1.29 is 9.47 Å². The van der Waals surface area contributed by atoms with Gasteiger partial charge in [-0.15, -0.1) is 22.9 Å². The standard InChI is InChI=1S/C12H16ClN3O2S/c1-17-9-6-15(7-10(9)18-2)11-8(5-13)16-3-4-19-12(16)14-11/h3-4,9-10H,5-7H2,1-2H3. The number of imidazole rings is 1. The molecule has 104 valence electrons. The van der Waals surface area contributed by atoms with E-state index >= 15 is 0 Å². The molecule has 0 N–H and O–H groups in total. The van der Waals surface area contributed by atoms with E-state index in [0.717, 1.165) is 29.6 Å². The third-order valence-corrected chi connectivity index (χ3v) is 4.60. The molecule has 0 aromatic carbocycles. The number of rotatable bonds is 4. The predicted octanol–water partition coefficient (Wildman–Crippen LogP) is 1.98. The third-order valence-electron chi connectivity index (χ3n) is 3.59. The molecular weight excluding hydrogens is 286 g/mol. The van der Waals surface area contributed by atoms with E-state index in [1.165, 1.54) is 0 Å². The van der Waals surface area contributed by atoms with Gasteiger partial charge in [-0.25, -0.2) is 4.98 Å². The van der Waals surface area contributed by atoms with Crippen LogP contribution in [0.4, 0.5) is 5.82 Å². The van der Waals surface area contributed by atoms with Crippen LogP contribution in [0.5, 0.6) is 0 Å². The summed E-state index contributed by atoms with van der Waals surface area (Å²) in [5.41, 5.74) is 1.03. The first-order chi connectivity index (χ1) is 9.28. The van der Waals surface area contributed by atoms with Gasteiger partial charge in [0.2, 0.25) is 0 Å². The van der Waals surface area contributed by atoms with Crippen LogP contribution >= 0.6 is 22.9 Å². The maximum Gasteiger partial charge on any atom is 0.195 e. The Morgan fingerprint density at radius 1 is 1.37 bits per heavy atom. The Bertz CT molecular complexity index is 558. The fourth-order valence-corrected chi connectivity index (χ4v) is 3.54. The van der Waals surface area contributed by atoms with Crippen molar-refractivity contribution in [1.29, 1.82) is 0 Å². The van der Waals surface area contributed by atoms with Crippen molar-refractivity contribution in [2.75, 3.05) is 32.2 Å². The average molecular weight is 302 g/mol. The molecule has 0 aliphatic carbocycles. The van der Waals surface area contributed by atoms with Gasteiger partial charge in [0.25, 0.3) is 0 Å². The third kappa shape index (κ3) is 2.12. The van der Waals surface area contributed by atoms with Crippen molar-refractivity contribution in [3.05, 3.63) is 17.3 Å². The molecule has 0 amide bonds. The molecule has 19 heavy (non-hydrogen) atoms. The van der Waals surface area contributed by atoms with E-state index < -0.39 is 0 Å². The molecule has 2 atom stereocenters. The number of thiazole rings is 1. The molecule has 0 spiro atoms. The maximum absolute atomic E-state index is 6.08. The maximum atomic E-state index is 6.08. The number of aromatic nitrogens is 2. The second-order valence-electron chi connectivity index (χ2n) is 4.52. The summed E-state index contributed by atoms with van der Waals surface area (Å²) in [4.78, 5) is 7.84. The Morgan fingerprint density at radius 2 is 2.05 bits per heavy atom. The molecule has 3 heterocycles. The van der Waals surface area contributed by atoms with Crippen LogP contribution in [0, 0.1) is 0 Å². The summed E-state index contributed by atoms with van der Waals surface area (Å²) in [6.45, 7) is 1.56. The Hall–Kier alpha value is -0.820. The fourth-order valence-electron chi connectivity index (χ4n) is 2.57. The van der Waals surface area contributed by atoms with E-state index in [4.69, 9.17) is 21.1 Å². The Kier molecular flexibility index (Phi) is 3.66. The molecule has 0 saturated carbocycles. The molecule has 3 rings (SSSR count). The Labute approximate surface area is 120 Å². The summed E-state index contributed by atoms with van der Waals surface area (Å²) in [5.74, 6) is 1.39. The molecule has 0 bridgehead atoms. The number of ether oxygens (including phenoxy) is 2. The number of nitrogens with zero attached hydrogens (tertiary/aromatic N) is 3. The number of hydrogen-bond donors (Lipinski definition) is 0. The number of hydrogen-bond acceptors (Lipinski definition) is 5. The number of fused-ring (bicyclic) bond motifs is 1. The van der Waals surface area contributed by atoms with E-state index in [0.29, 0.717) is 5.88 Å². The van der Waals surface area contributed by atoms with Crippen LogP contribution in [0.1, 0.15) is 5.69 Å². The highest BCUT2D eigenvalue weighted by atomic mass is 35.5. The van der Waals surface area contributed by atoms with Gasteiger partial charge in [-0.3, -0.25) is 4.40 Å². The number of halogens is 1. The van der Waals surface area contributed by atoms with Crippen LogP contribution < -0.4 is 4.90 Å². The summed E-state index contributed by atoms with van der Waals surface area (Å²) >= 11 is 7.70. The monoisotopic (exact) mass is 301 g/mol. The molecule has 5 nitrogen and oxygen atoms in total. The highest BCUT2D eigenvalue weighted by Gasteiger charge is 2.35. The quantitative estimate of drug-likeness (QED) is 0.810. The second-order valence-corrected chi connectivity index (χ2v) is 5.66. The minimum atomic E-state index is 0.0768. The number of anilines is 1. The SMILES string of the molecule is COC1CN(c2nc3sccn3c2CCl)CC1OC. The van der Waals surface area contributed by atoms with Gasteiger partial charge in [-0.2, -0.15) is 0 Å². The lowest BCUT2D eigenvalue weighted by Crippen LogP contribution is -2.27. The lowest BCUT2D eigenvalue weighted by molar-refractivity contribution is -0.00461. The summed E-state index contributed by atoms with van der Waals surface area (Å²) < 4.78 is 13.0. The van der Waals surface area contributed by atoms with Crippen LogP contribution in [0.25, 0.3) is 4.96 Å². The first-order valence-electron chi connectivity index (χ1n) is 6.09. The molecule has 1 saturated heterocycles. The summed E-state index contributed by atoms with van der Waals surface area (Å²) in [7, 11) is 3.43. The molecule has 1 aliphatic rings. The van der Waals surface area contributed by atoms with Gasteiger partial charge in [0.05, 0.1) is 11.6 Å². The fraction of sp³-hybridized carbons (Fsp3) is 0.583. The van der Waals surface area contributed by atoms with Crippen molar-refractivity contribution in [3.8, 4) is 0 Å². The van der Waals surface area contributed by atoms with Crippen LogP contribution in [-0.2, 0) is 15.4 Å². The normalized spacial score (nSPS) is 23.6. The minimum absolute atomic E-state index is 0.0768. The summed E-state index contributed by atoms with van der Waals surface area (Å²) in [5, 5.41) is 2.02. The topological polar surface area (TPSA) is 39.0 Å². The predicted molar refractivity (Wildman–Crippen MR) is 76.4 cm³/mol. The molecular formula is C12H16ClN3O2S. The van der Waals surface area contributed by atoms with Crippen molar-refractivity contribution in [2.24, 2.45) is 0 Å². The van der Waals surface area contributed by atoms with E-state index in [9.17, 15) is 0 Å². The largest absolute Gasteiger partial charge is 0.377 e. The van der Waals surface area contributed by atoms with Crippen molar-refractivity contribution in [1.82, 2.24) is 9.38 Å². The van der Waals surface area contributed by atoms with E-state index in [1.807, 2.05) is 11.6 Å². The average Bonchev–Trinajstić information content (AvgIpc) is 3.10. The van der Waals surface area contributed by atoms with E-state index in [2.05, 4.69) is 14.3 Å². The zero-order valence-corrected chi connectivity index (χ0v) is 12.4. The van der Waals surface area contributed by atoms with E-state index in [-0.39, 0.29) is 12.2 Å². The molecule has 2 unspecified atom stereocenters. The Morgan fingerprint density at radius 3 is 2.63 bits per heavy atom. The summed E-state index contributed by atoms with van der Waals surface area (Å²) in [6, 6.07) is 0. The van der Waals surface area contributed by atoms with Crippen LogP contribution in [0.15, 0.2) is 11.6 Å². The minimum Gasteiger partial charge on any atom is -0.377 e. The molecule has 0 radical (unpaired) electrons. The van der Waals surface area contributed by atoms with Crippen molar-refractivity contribution in [2.45, 2.75) is 18.1 Å². The zero-order chi connectivity index (χ0) is 13.4. The highest BCUT2D eigenvalue weighted by Crippen LogP contribution is 2.29. The molecule has 2 aromatic heterocycles. The lowest BCUT2D eigenvalue weighted by Gasteiger charge is -2.16. The van der Waals surface area contributed by atoms with Gasteiger partial charge in [0.15, 0.2) is 10.8 Å². The van der Waals surface area contributed by atoms with Gasteiger partial charge in [0.1, 0.15) is 12.2 Å². The molecule has 7 heteroatoms. The summed E-state index contributed by atoms with van der Waals surface area (Å²) in [6.07, 6.45) is 2.16. The van der Waals surface area contributed by atoms with Crippen LogP contribution in [0.3, 0.4) is 0 Å². The van der Waals surface area contributed by atoms with Crippen molar-refractivity contribution >= 4 is 33.7 Å². The van der Waals surface area contributed by atoms with Crippen LogP contribution in [0.2, 0.25) is 0 Å². The van der Waals surface area contributed by atoms with Gasteiger partial charge in [-0.1, -0.05) is 0 Å². The van der Waals surface area contributed by atoms with Gasteiger partial charge < -0.3 is 14.4 Å². The van der Waals surface area contributed by atoms with Crippen molar-refractivity contribution in [3.63, 3.8) is 0 Å². The van der Waals surface area contributed by atoms with Gasteiger partial charge in [0, 0.05) is 38.9 Å². The lowest BCUT2D eigenvalue weighted by atomic mass is 10.3. The highest BCUT2D eigenvalue weighted by molar-refractivity contribution is 7.15. The smallest absolute Gasteiger partial charge is 0.195 e. The van der Waals surface area contributed by atoms with E-state index in [1.54, 1.807) is 25.6 Å². The zero-order valence-electron chi connectivity index (χ0n) is 10.9. The molecule has 2 aromatic rings. The van der Waals surface area contributed by atoms with Crippen LogP contribution in [-0.4, -0.2) is 48.9 Å². The van der Waals surface area contributed by atoms with Gasteiger partial charge in [-0.05, 0) is 0 Å². The number of alkyl halides is 1. The molecule has 1 aliphatic heterocycles. The molecule has 1 fully saturated rings. The second kappa shape index (κ2) is 5.28. The number of methoxy groups -OCH3 is 2. The Balaban J connectivity index is 1.94. The first kappa shape index (κ1) is 13.2.